The fraction of sp³-hybridized carbons (Fsp3) is 0.100. The zero-order chi connectivity index (χ0) is 10.7. The standard InChI is InChI=1S/C10H7BrFNO2/c11-7-4-9(12)10(13-5-7)15-6-8-2-1-3-14-8/h1-5H,6H2. The van der Waals surface area contributed by atoms with Gasteiger partial charge in [-0.3, -0.25) is 0 Å². The number of nitrogens with zero attached hydrogens (tertiary/aromatic N) is 1. The average Bonchev–Trinajstić information content (AvgIpc) is 2.69. The van der Waals surface area contributed by atoms with E-state index >= 15 is 0 Å². The molecular weight excluding hydrogens is 265 g/mol. The maximum Gasteiger partial charge on any atom is 0.250 e. The number of hydrogen-bond acceptors (Lipinski definition) is 3. The molecule has 0 aliphatic heterocycles. The van der Waals surface area contributed by atoms with Crippen molar-refractivity contribution in [3.05, 3.63) is 46.7 Å². The van der Waals surface area contributed by atoms with Crippen LogP contribution in [0.15, 0.2) is 39.5 Å². The molecule has 15 heavy (non-hydrogen) atoms. The van der Waals surface area contributed by atoms with Crippen LogP contribution in [0.3, 0.4) is 0 Å². The third-order valence-corrected chi connectivity index (χ3v) is 2.14. The van der Waals surface area contributed by atoms with Crippen molar-refractivity contribution in [1.82, 2.24) is 4.98 Å². The lowest BCUT2D eigenvalue weighted by Crippen LogP contribution is -1.98. The van der Waals surface area contributed by atoms with E-state index in [9.17, 15) is 4.39 Å². The van der Waals surface area contributed by atoms with Gasteiger partial charge >= 0.3 is 0 Å². The van der Waals surface area contributed by atoms with Gasteiger partial charge in [0.15, 0.2) is 5.82 Å². The Labute approximate surface area is 94.0 Å². The highest BCUT2D eigenvalue weighted by molar-refractivity contribution is 9.10. The van der Waals surface area contributed by atoms with Crippen LogP contribution in [0.1, 0.15) is 5.76 Å². The van der Waals surface area contributed by atoms with Crippen LogP contribution in [0.5, 0.6) is 5.88 Å². The Morgan fingerprint density at radius 3 is 3.07 bits per heavy atom. The Bertz CT molecular complexity index is 445. The minimum absolute atomic E-state index is 0.0328. The number of rotatable bonds is 3. The van der Waals surface area contributed by atoms with Gasteiger partial charge in [0.05, 0.1) is 6.26 Å². The van der Waals surface area contributed by atoms with Crippen LogP contribution in [0.2, 0.25) is 0 Å². The Morgan fingerprint density at radius 2 is 2.40 bits per heavy atom. The minimum Gasteiger partial charge on any atom is -0.467 e. The first-order valence-corrected chi connectivity index (χ1v) is 5.01. The molecule has 0 bridgehead atoms. The normalized spacial score (nSPS) is 10.3. The summed E-state index contributed by atoms with van der Waals surface area (Å²) >= 11 is 3.11. The second-order valence-electron chi connectivity index (χ2n) is 2.81. The Morgan fingerprint density at radius 1 is 1.53 bits per heavy atom. The van der Waals surface area contributed by atoms with Crippen molar-refractivity contribution in [2.45, 2.75) is 6.61 Å². The van der Waals surface area contributed by atoms with Crippen LogP contribution in [0.4, 0.5) is 4.39 Å². The monoisotopic (exact) mass is 271 g/mol. The molecule has 0 atom stereocenters. The van der Waals surface area contributed by atoms with Gasteiger partial charge in [-0.05, 0) is 34.1 Å². The van der Waals surface area contributed by atoms with E-state index in [1.54, 1.807) is 12.1 Å². The van der Waals surface area contributed by atoms with E-state index in [1.807, 2.05) is 0 Å². The summed E-state index contributed by atoms with van der Waals surface area (Å²) in [7, 11) is 0. The van der Waals surface area contributed by atoms with Gasteiger partial charge in [-0.1, -0.05) is 0 Å². The summed E-state index contributed by atoms with van der Waals surface area (Å²) in [5.74, 6) is 0.0876. The second kappa shape index (κ2) is 4.44. The van der Waals surface area contributed by atoms with E-state index in [-0.39, 0.29) is 12.5 Å². The molecule has 2 rings (SSSR count). The molecule has 0 unspecified atom stereocenters. The highest BCUT2D eigenvalue weighted by Crippen LogP contribution is 2.18. The van der Waals surface area contributed by atoms with Crippen LogP contribution in [0.25, 0.3) is 0 Å². The predicted molar refractivity (Wildman–Crippen MR) is 54.9 cm³/mol. The molecule has 0 saturated heterocycles. The molecule has 0 spiro atoms. The fourth-order valence-electron chi connectivity index (χ4n) is 1.04. The van der Waals surface area contributed by atoms with Crippen LogP contribution >= 0.6 is 15.9 Å². The van der Waals surface area contributed by atoms with Crippen molar-refractivity contribution in [2.75, 3.05) is 0 Å². The summed E-state index contributed by atoms with van der Waals surface area (Å²) in [5, 5.41) is 0. The van der Waals surface area contributed by atoms with Crippen LogP contribution in [0, 0.1) is 5.82 Å². The smallest absolute Gasteiger partial charge is 0.250 e. The quantitative estimate of drug-likeness (QED) is 0.860. The molecule has 78 valence electrons. The molecule has 0 aliphatic rings. The molecule has 0 aliphatic carbocycles. The minimum atomic E-state index is -0.504. The maximum absolute atomic E-state index is 13.2. The van der Waals surface area contributed by atoms with Crippen molar-refractivity contribution < 1.29 is 13.5 Å². The predicted octanol–water partition coefficient (Wildman–Crippen LogP) is 3.16. The molecule has 5 heteroatoms. The summed E-state index contributed by atoms with van der Waals surface area (Å²) < 4.78 is 24.0. The van der Waals surface area contributed by atoms with E-state index in [2.05, 4.69) is 20.9 Å². The number of hydrogen-bond donors (Lipinski definition) is 0. The summed E-state index contributed by atoms with van der Waals surface area (Å²) in [6.07, 6.45) is 3.00. The third kappa shape index (κ3) is 2.56. The first-order valence-electron chi connectivity index (χ1n) is 4.22. The van der Waals surface area contributed by atoms with Crippen molar-refractivity contribution >= 4 is 15.9 Å². The highest BCUT2D eigenvalue weighted by Gasteiger charge is 2.06. The largest absolute Gasteiger partial charge is 0.467 e. The zero-order valence-corrected chi connectivity index (χ0v) is 9.20. The van der Waals surface area contributed by atoms with Gasteiger partial charge in [-0.15, -0.1) is 0 Å². The molecule has 0 amide bonds. The van der Waals surface area contributed by atoms with Gasteiger partial charge in [0, 0.05) is 10.7 Å². The van der Waals surface area contributed by atoms with E-state index in [0.717, 1.165) is 0 Å². The Balaban J connectivity index is 2.05. The van der Waals surface area contributed by atoms with Crippen LogP contribution in [-0.4, -0.2) is 4.98 Å². The van der Waals surface area contributed by atoms with Gasteiger partial charge in [0.25, 0.3) is 5.88 Å². The van der Waals surface area contributed by atoms with Crippen molar-refractivity contribution in [2.24, 2.45) is 0 Å². The zero-order valence-electron chi connectivity index (χ0n) is 7.61. The number of ether oxygens (including phenoxy) is 1. The summed E-state index contributed by atoms with van der Waals surface area (Å²) in [6, 6.07) is 4.78. The first kappa shape index (κ1) is 10.2. The van der Waals surface area contributed by atoms with Crippen molar-refractivity contribution in [3.63, 3.8) is 0 Å². The lowest BCUT2D eigenvalue weighted by molar-refractivity contribution is 0.248. The van der Waals surface area contributed by atoms with Gasteiger partial charge in [-0.25, -0.2) is 9.37 Å². The third-order valence-electron chi connectivity index (χ3n) is 1.71. The van der Waals surface area contributed by atoms with Gasteiger partial charge in [0.2, 0.25) is 0 Å². The molecule has 2 aromatic heterocycles. The molecule has 2 aromatic rings. The summed E-state index contributed by atoms with van der Waals surface area (Å²) in [5.41, 5.74) is 0. The molecule has 2 heterocycles. The lowest BCUT2D eigenvalue weighted by Gasteiger charge is -2.03. The van der Waals surface area contributed by atoms with E-state index in [4.69, 9.17) is 9.15 Å². The van der Waals surface area contributed by atoms with Gasteiger partial charge < -0.3 is 9.15 Å². The topological polar surface area (TPSA) is 35.3 Å². The van der Waals surface area contributed by atoms with E-state index in [0.29, 0.717) is 10.2 Å². The van der Waals surface area contributed by atoms with E-state index < -0.39 is 5.82 Å². The summed E-state index contributed by atoms with van der Waals surface area (Å²) in [6.45, 7) is 0.165. The number of aromatic nitrogens is 1. The Hall–Kier alpha value is -1.36. The molecule has 0 fully saturated rings. The number of pyridine rings is 1. The van der Waals surface area contributed by atoms with Crippen LogP contribution < -0.4 is 4.74 Å². The Kier molecular flexibility index (Phi) is 3.01. The van der Waals surface area contributed by atoms with Gasteiger partial charge in [0.1, 0.15) is 12.4 Å². The van der Waals surface area contributed by atoms with Gasteiger partial charge in [-0.2, -0.15) is 0 Å². The number of halogens is 2. The fourth-order valence-corrected chi connectivity index (χ4v) is 1.35. The molecule has 3 nitrogen and oxygen atoms in total. The lowest BCUT2D eigenvalue weighted by atomic mass is 10.4. The number of furan rings is 1. The molecule has 0 N–H and O–H groups in total. The molecule has 0 radical (unpaired) electrons. The van der Waals surface area contributed by atoms with Crippen LogP contribution in [-0.2, 0) is 6.61 Å². The SMILES string of the molecule is Fc1cc(Br)cnc1OCc1ccco1. The van der Waals surface area contributed by atoms with Crippen molar-refractivity contribution in [1.29, 1.82) is 0 Å². The van der Waals surface area contributed by atoms with E-state index in [1.165, 1.54) is 18.5 Å². The maximum atomic E-state index is 13.2. The molecule has 0 aromatic carbocycles. The summed E-state index contributed by atoms with van der Waals surface area (Å²) in [4.78, 5) is 3.79. The average molecular weight is 272 g/mol. The van der Waals surface area contributed by atoms with Crippen molar-refractivity contribution in [3.8, 4) is 5.88 Å². The highest BCUT2D eigenvalue weighted by atomic mass is 79.9. The second-order valence-corrected chi connectivity index (χ2v) is 3.72. The first-order chi connectivity index (χ1) is 7.25. The molecular formula is C10H7BrFNO2. The molecule has 0 saturated carbocycles.